The van der Waals surface area contributed by atoms with Gasteiger partial charge in [-0.2, -0.15) is 0 Å². The predicted molar refractivity (Wildman–Crippen MR) is 304 cm³/mol. The summed E-state index contributed by atoms with van der Waals surface area (Å²) < 4.78 is 0.286. The van der Waals surface area contributed by atoms with Crippen molar-refractivity contribution in [2.45, 2.75) is 225 Å². The summed E-state index contributed by atoms with van der Waals surface area (Å²) in [6.45, 7) is 53.5. The first-order chi connectivity index (χ1) is 27.5. The Labute approximate surface area is 423 Å². The molecular formula is C46H63S12Si3. The van der Waals surface area contributed by atoms with Crippen molar-refractivity contribution < 1.29 is 0 Å². The first-order valence-electron chi connectivity index (χ1n) is 21.4. The second-order valence-electron chi connectivity index (χ2n) is 22.9. The molecule has 0 nitrogen and oxygen atoms in total. The minimum atomic E-state index is -1.79. The van der Waals surface area contributed by atoms with Crippen molar-refractivity contribution in [1.29, 1.82) is 0 Å². The first kappa shape index (κ1) is 48.5. The number of hydrogen-bond acceptors (Lipinski definition) is 12. The van der Waals surface area contributed by atoms with Gasteiger partial charge in [0.2, 0.25) is 0 Å². The normalized spacial score (nSPS) is 23.3. The van der Waals surface area contributed by atoms with Gasteiger partial charge in [0.05, 0.1) is 54.6 Å². The average molecular weight is 1090 g/mol. The van der Waals surface area contributed by atoms with Crippen molar-refractivity contribution in [3.05, 3.63) is 22.6 Å². The molecule has 61 heavy (non-hydrogen) atoms. The van der Waals surface area contributed by atoms with Crippen LogP contribution in [-0.2, 0) is 0 Å². The van der Waals surface area contributed by atoms with E-state index in [1.54, 1.807) is 96.9 Å². The molecule has 9 rings (SSSR count). The second-order valence-corrected chi connectivity index (χ2v) is 59.1. The molecule has 6 heterocycles. The topological polar surface area (TPSA) is 0 Å². The Bertz CT molecular complexity index is 2060. The van der Waals surface area contributed by atoms with Crippen molar-refractivity contribution in [1.82, 2.24) is 0 Å². The number of benzene rings is 3. The van der Waals surface area contributed by atoms with E-state index in [0.717, 1.165) is 0 Å². The largest absolute Gasteiger partial charge is 0.107 e. The fourth-order valence-electron chi connectivity index (χ4n) is 9.32. The molecule has 0 bridgehead atoms. The maximum Gasteiger partial charge on any atom is 0.0806 e. The smallest absolute Gasteiger partial charge is 0.0806 e. The molecular weight excluding hydrogens is 1020 g/mol. The van der Waals surface area contributed by atoms with E-state index in [1.807, 2.05) is 0 Å². The molecule has 1 radical (unpaired) electrons. The van der Waals surface area contributed by atoms with Crippen LogP contribution < -0.4 is 15.6 Å². The lowest BCUT2D eigenvalue weighted by Crippen LogP contribution is -2.42. The Morgan fingerprint density at radius 2 is 0.377 bits per heavy atom. The molecule has 0 spiro atoms. The van der Waals surface area contributed by atoms with E-state index < -0.39 is 24.2 Å². The SMILES string of the molecule is CC1(C)Sc2c(c([Si](C)(C)C)c3c(c2[C](c2c4c(c([Si](C)(C)C)c5c2SC(C)(C)S5)SC(C)(C)S4)c2c4c(c([Si](C)(C)C)c5c2SC(C)(C)S5)SC(C)(C)S4)SC(C)(C)S3)S1. The van der Waals surface area contributed by atoms with Crippen LogP contribution in [0.4, 0.5) is 0 Å². The van der Waals surface area contributed by atoms with Gasteiger partial charge >= 0.3 is 0 Å². The van der Waals surface area contributed by atoms with Gasteiger partial charge in [0.25, 0.3) is 0 Å². The van der Waals surface area contributed by atoms with Gasteiger partial charge < -0.3 is 0 Å². The van der Waals surface area contributed by atoms with Crippen LogP contribution in [0.2, 0.25) is 58.9 Å². The van der Waals surface area contributed by atoms with Crippen molar-refractivity contribution in [3.63, 3.8) is 0 Å². The summed E-state index contributed by atoms with van der Waals surface area (Å²) in [7, 11) is -5.36. The number of rotatable bonds is 6. The van der Waals surface area contributed by atoms with Crippen molar-refractivity contribution >= 4 is 181 Å². The third kappa shape index (κ3) is 8.46. The molecule has 0 aliphatic carbocycles. The maximum atomic E-state index is 2.61. The fourth-order valence-corrected chi connectivity index (χ4v) is 38.3. The Morgan fingerprint density at radius 1 is 0.246 bits per heavy atom. The van der Waals surface area contributed by atoms with Gasteiger partial charge in [0.1, 0.15) is 0 Å². The number of fused-ring (bicyclic) bond motifs is 6. The number of thioether (sulfide) groups is 12. The van der Waals surface area contributed by atoms with E-state index in [1.165, 1.54) is 0 Å². The van der Waals surface area contributed by atoms with Gasteiger partial charge in [-0.15, -0.1) is 141 Å². The third-order valence-electron chi connectivity index (χ3n) is 11.1. The van der Waals surface area contributed by atoms with Crippen LogP contribution >= 0.6 is 141 Å². The molecule has 6 aliphatic rings. The lowest BCUT2D eigenvalue weighted by molar-refractivity contribution is 0.913. The number of hydrogen-bond donors (Lipinski definition) is 0. The monoisotopic (exact) mass is 1080 g/mol. The molecule has 0 aromatic heterocycles. The van der Waals surface area contributed by atoms with Crippen LogP contribution in [0.1, 0.15) is 99.8 Å². The minimum absolute atomic E-state index is 0.0477. The lowest BCUT2D eigenvalue weighted by Gasteiger charge is -2.34. The summed E-state index contributed by atoms with van der Waals surface area (Å²) in [6, 6.07) is 0. The molecule has 6 aliphatic heterocycles. The summed E-state index contributed by atoms with van der Waals surface area (Å²) in [5, 5.41) is 5.15. The molecule has 0 saturated carbocycles. The summed E-state index contributed by atoms with van der Waals surface area (Å²) in [4.78, 5) is 19.1. The van der Waals surface area contributed by atoms with E-state index in [2.05, 4.69) is 283 Å². The summed E-state index contributed by atoms with van der Waals surface area (Å²) in [5.74, 6) is 1.57. The molecule has 0 unspecified atom stereocenters. The third-order valence-corrected chi connectivity index (χ3v) is 35.2. The average Bonchev–Trinajstić information content (AvgIpc) is 3.83. The Morgan fingerprint density at radius 3 is 0.508 bits per heavy atom. The van der Waals surface area contributed by atoms with Gasteiger partial charge in [-0.05, 0) is 115 Å². The molecule has 15 heteroatoms. The standard InChI is InChI=1S/C46H63S12Si3/c1-41(2)47-26-23(27-33(54-42(3,4)48-27)38(32(26)53-41)59(13,14)15)22(24-28-34(55-43(5,6)49-28)39(60(16,17)18)35-29(24)50-44(7,8)56-35)25-30-36(57-45(9,10)51-30)40(61(19,20)21)37-31(25)52-46(11,12)58-37/h1-21H3. The van der Waals surface area contributed by atoms with Gasteiger partial charge in [0.15, 0.2) is 0 Å². The Balaban J connectivity index is 1.54. The van der Waals surface area contributed by atoms with Crippen LogP contribution in [0.3, 0.4) is 0 Å². The molecule has 3 aromatic rings. The van der Waals surface area contributed by atoms with Gasteiger partial charge in [-0.25, -0.2) is 0 Å². The highest BCUT2D eigenvalue weighted by atomic mass is 32.2. The molecule has 3 aromatic carbocycles. The van der Waals surface area contributed by atoms with E-state index >= 15 is 0 Å². The van der Waals surface area contributed by atoms with Crippen LogP contribution in [0, 0.1) is 5.92 Å². The molecule has 331 valence electrons. The maximum absolute atomic E-state index is 2.61. The molecule has 0 amide bonds. The quantitative estimate of drug-likeness (QED) is 0.171. The second kappa shape index (κ2) is 15.0. The fraction of sp³-hybridized carbons (Fsp3) is 0.587. The van der Waals surface area contributed by atoms with Gasteiger partial charge in [-0.3, -0.25) is 0 Å². The lowest BCUT2D eigenvalue weighted by atomic mass is 9.84. The molecule has 0 fully saturated rings. The highest BCUT2D eigenvalue weighted by molar-refractivity contribution is 8.23. The van der Waals surface area contributed by atoms with Crippen LogP contribution in [0.5, 0.6) is 0 Å². The van der Waals surface area contributed by atoms with E-state index in [4.69, 9.17) is 0 Å². The zero-order valence-electron chi connectivity index (χ0n) is 39.9. The van der Waals surface area contributed by atoms with Gasteiger partial charge in [0, 0.05) is 58.7 Å². The highest BCUT2D eigenvalue weighted by Crippen LogP contribution is 2.73. The van der Waals surface area contributed by atoms with Crippen molar-refractivity contribution in [3.8, 4) is 0 Å². The van der Waals surface area contributed by atoms with Gasteiger partial charge in [-0.1, -0.05) is 58.9 Å². The first-order valence-corrected chi connectivity index (χ1v) is 41.7. The molecule has 0 atom stereocenters. The summed E-state index contributed by atoms with van der Waals surface area (Å²) >= 11 is 26.2. The summed E-state index contributed by atoms with van der Waals surface area (Å²) in [5.41, 5.74) is 4.72. The van der Waals surface area contributed by atoms with Crippen molar-refractivity contribution in [2.75, 3.05) is 0 Å². The molecule has 0 N–H and O–H groups in total. The van der Waals surface area contributed by atoms with E-state index in [0.29, 0.717) is 0 Å². The Hall–Kier alpha value is 2.51. The predicted octanol–water partition coefficient (Wildman–Crippen LogP) is 17.9. The zero-order valence-corrected chi connectivity index (χ0v) is 52.7. The van der Waals surface area contributed by atoms with Crippen LogP contribution in [-0.4, -0.2) is 48.7 Å². The Kier molecular flexibility index (Phi) is 11.9. The molecule has 0 saturated heterocycles. The van der Waals surface area contributed by atoms with E-state index in [9.17, 15) is 0 Å². The highest BCUT2D eigenvalue weighted by Gasteiger charge is 2.54. The van der Waals surface area contributed by atoms with Crippen LogP contribution in [0.25, 0.3) is 0 Å². The van der Waals surface area contributed by atoms with Crippen LogP contribution in [0.15, 0.2) is 58.7 Å². The minimum Gasteiger partial charge on any atom is -0.107 e. The zero-order chi connectivity index (χ0) is 45.0. The summed E-state index contributed by atoms with van der Waals surface area (Å²) in [6.07, 6.45) is 0. The van der Waals surface area contributed by atoms with E-state index in [-0.39, 0.29) is 24.5 Å². The van der Waals surface area contributed by atoms with Crippen molar-refractivity contribution in [2.24, 2.45) is 0 Å².